The first-order valence-corrected chi connectivity index (χ1v) is 9.28. The fourth-order valence-corrected chi connectivity index (χ4v) is 3.30. The van der Waals surface area contributed by atoms with Gasteiger partial charge in [-0.25, -0.2) is 9.97 Å². The number of ketones is 1. The third-order valence-electron chi connectivity index (χ3n) is 3.45. The molecule has 25 heavy (non-hydrogen) atoms. The summed E-state index contributed by atoms with van der Waals surface area (Å²) < 4.78 is 0. The second-order valence-corrected chi connectivity index (χ2v) is 7.27. The average molecular weight is 389 g/mol. The predicted octanol–water partition coefficient (Wildman–Crippen LogP) is 5.73. The molecule has 3 rings (SSSR count). The molecule has 0 spiro atoms. The van der Waals surface area contributed by atoms with Crippen molar-refractivity contribution in [2.45, 2.75) is 11.9 Å². The van der Waals surface area contributed by atoms with E-state index in [4.69, 9.17) is 23.2 Å². The Hall–Kier alpha value is -1.88. The Balaban J connectivity index is 1.75. The van der Waals surface area contributed by atoms with Crippen molar-refractivity contribution >= 4 is 40.7 Å². The minimum atomic E-state index is 0.0333. The maximum Gasteiger partial charge on any atom is 0.173 e. The van der Waals surface area contributed by atoms with Crippen molar-refractivity contribution in [2.24, 2.45) is 0 Å². The molecule has 0 aliphatic carbocycles. The molecule has 0 fully saturated rings. The van der Waals surface area contributed by atoms with E-state index in [0.717, 1.165) is 16.3 Å². The van der Waals surface area contributed by atoms with E-state index in [1.807, 2.05) is 25.1 Å². The average Bonchev–Trinajstić information content (AvgIpc) is 2.60. The number of aryl methyl sites for hydroxylation is 1. The monoisotopic (exact) mass is 388 g/mol. The molecule has 0 radical (unpaired) electrons. The summed E-state index contributed by atoms with van der Waals surface area (Å²) in [5.41, 5.74) is 2.38. The van der Waals surface area contributed by atoms with E-state index < -0.39 is 0 Å². The van der Waals surface area contributed by atoms with Crippen LogP contribution in [0.5, 0.6) is 0 Å². The lowest BCUT2D eigenvalue weighted by Crippen LogP contribution is -2.03. The van der Waals surface area contributed by atoms with Gasteiger partial charge in [-0.2, -0.15) is 0 Å². The number of thioether (sulfide) groups is 1. The molecule has 0 atom stereocenters. The minimum Gasteiger partial charge on any atom is -0.293 e. The highest BCUT2D eigenvalue weighted by Gasteiger charge is 2.10. The molecular formula is C19H14Cl2N2OS. The molecule has 0 aliphatic rings. The van der Waals surface area contributed by atoms with Crippen LogP contribution >= 0.6 is 35.0 Å². The first kappa shape index (κ1) is 17.9. The number of carbonyl (C=O) groups is 1. The van der Waals surface area contributed by atoms with Gasteiger partial charge in [0, 0.05) is 26.9 Å². The summed E-state index contributed by atoms with van der Waals surface area (Å²) in [5.74, 6) is 0.960. The molecule has 0 bridgehead atoms. The van der Waals surface area contributed by atoms with Crippen molar-refractivity contribution in [3.05, 3.63) is 75.9 Å². The van der Waals surface area contributed by atoms with Crippen LogP contribution in [-0.4, -0.2) is 21.5 Å². The third-order valence-corrected chi connectivity index (χ3v) is 4.87. The van der Waals surface area contributed by atoms with E-state index in [2.05, 4.69) is 9.97 Å². The molecule has 0 unspecified atom stereocenters. The van der Waals surface area contributed by atoms with Gasteiger partial charge < -0.3 is 0 Å². The molecule has 2 aromatic carbocycles. The van der Waals surface area contributed by atoms with Gasteiger partial charge in [-0.15, -0.1) is 0 Å². The Bertz CT molecular complexity index is 896. The summed E-state index contributed by atoms with van der Waals surface area (Å²) in [6.07, 6.45) is 0. The topological polar surface area (TPSA) is 42.9 Å². The van der Waals surface area contributed by atoms with Gasteiger partial charge in [0.05, 0.1) is 5.75 Å². The minimum absolute atomic E-state index is 0.0333. The number of nitrogens with zero attached hydrogens (tertiary/aromatic N) is 2. The van der Waals surface area contributed by atoms with Crippen molar-refractivity contribution in [1.82, 2.24) is 9.97 Å². The molecule has 3 nitrogen and oxygen atoms in total. The van der Waals surface area contributed by atoms with Crippen LogP contribution in [0.3, 0.4) is 0 Å². The quantitative estimate of drug-likeness (QED) is 0.317. The summed E-state index contributed by atoms with van der Waals surface area (Å²) in [4.78, 5) is 21.3. The molecule has 0 aliphatic heterocycles. The number of hydrogen-bond donors (Lipinski definition) is 0. The molecule has 1 aromatic heterocycles. The predicted molar refractivity (Wildman–Crippen MR) is 104 cm³/mol. The smallest absolute Gasteiger partial charge is 0.173 e. The first-order chi connectivity index (χ1) is 12.0. The number of Topliss-reactive ketones (excluding diaryl/α,β-unsaturated/α-hetero) is 1. The molecule has 1 heterocycles. The van der Waals surface area contributed by atoms with E-state index in [0.29, 0.717) is 27.2 Å². The molecular weight excluding hydrogens is 375 g/mol. The van der Waals surface area contributed by atoms with Crippen LogP contribution in [0.2, 0.25) is 10.0 Å². The number of halogens is 2. The van der Waals surface area contributed by atoms with E-state index in [9.17, 15) is 4.79 Å². The lowest BCUT2D eigenvalue weighted by atomic mass is 10.1. The molecule has 0 saturated carbocycles. The Morgan fingerprint density at radius 1 is 0.960 bits per heavy atom. The lowest BCUT2D eigenvalue weighted by Gasteiger charge is -2.06. The van der Waals surface area contributed by atoms with Crippen molar-refractivity contribution < 1.29 is 4.79 Å². The van der Waals surface area contributed by atoms with E-state index >= 15 is 0 Å². The fourth-order valence-electron chi connectivity index (χ4n) is 2.20. The molecule has 0 amide bonds. The second kappa shape index (κ2) is 8.00. The van der Waals surface area contributed by atoms with Gasteiger partial charge in [0.1, 0.15) is 5.03 Å². The zero-order valence-corrected chi connectivity index (χ0v) is 15.7. The van der Waals surface area contributed by atoms with Gasteiger partial charge in [0.15, 0.2) is 11.6 Å². The number of hydrogen-bond acceptors (Lipinski definition) is 4. The zero-order valence-electron chi connectivity index (χ0n) is 13.4. The van der Waals surface area contributed by atoms with Gasteiger partial charge >= 0.3 is 0 Å². The number of rotatable bonds is 5. The van der Waals surface area contributed by atoms with Gasteiger partial charge in [-0.3, -0.25) is 4.79 Å². The summed E-state index contributed by atoms with van der Waals surface area (Å²) >= 11 is 13.2. The highest BCUT2D eigenvalue weighted by Crippen LogP contribution is 2.23. The largest absolute Gasteiger partial charge is 0.293 e. The highest BCUT2D eigenvalue weighted by molar-refractivity contribution is 7.99. The molecule has 0 saturated heterocycles. The number of aromatic nitrogens is 2. The van der Waals surface area contributed by atoms with E-state index in [1.54, 1.807) is 36.4 Å². The van der Waals surface area contributed by atoms with E-state index in [1.165, 1.54) is 11.8 Å². The van der Waals surface area contributed by atoms with Gasteiger partial charge in [-0.1, -0.05) is 35.0 Å². The lowest BCUT2D eigenvalue weighted by molar-refractivity contribution is 0.102. The Morgan fingerprint density at radius 2 is 1.56 bits per heavy atom. The van der Waals surface area contributed by atoms with Crippen LogP contribution in [-0.2, 0) is 0 Å². The van der Waals surface area contributed by atoms with Crippen LogP contribution < -0.4 is 0 Å². The standard InChI is InChI=1S/C19H14Cl2N2OS/c1-12-10-18(23-19(22-12)14-4-8-16(21)9-5-14)25-11-17(24)13-2-6-15(20)7-3-13/h2-10H,11H2,1H3. The molecule has 3 aromatic rings. The van der Waals surface area contributed by atoms with Crippen molar-refractivity contribution in [3.63, 3.8) is 0 Å². The summed E-state index contributed by atoms with van der Waals surface area (Å²) in [6.45, 7) is 1.91. The highest BCUT2D eigenvalue weighted by atomic mass is 35.5. The zero-order chi connectivity index (χ0) is 17.8. The normalized spacial score (nSPS) is 10.7. The van der Waals surface area contributed by atoms with Crippen LogP contribution in [0.25, 0.3) is 11.4 Å². The summed E-state index contributed by atoms with van der Waals surface area (Å²) in [7, 11) is 0. The summed E-state index contributed by atoms with van der Waals surface area (Å²) in [6, 6.07) is 16.1. The number of benzene rings is 2. The van der Waals surface area contributed by atoms with Crippen molar-refractivity contribution in [1.29, 1.82) is 0 Å². The second-order valence-electron chi connectivity index (χ2n) is 5.40. The fraction of sp³-hybridized carbons (Fsp3) is 0.105. The van der Waals surface area contributed by atoms with Crippen LogP contribution in [0.1, 0.15) is 16.1 Å². The molecule has 0 N–H and O–H groups in total. The number of carbonyl (C=O) groups excluding carboxylic acids is 1. The van der Waals surface area contributed by atoms with Crippen LogP contribution in [0.15, 0.2) is 59.6 Å². The Morgan fingerprint density at radius 3 is 2.20 bits per heavy atom. The van der Waals surface area contributed by atoms with Crippen molar-refractivity contribution in [2.75, 3.05) is 5.75 Å². The van der Waals surface area contributed by atoms with Gasteiger partial charge in [0.2, 0.25) is 0 Å². The third kappa shape index (κ3) is 4.82. The van der Waals surface area contributed by atoms with Crippen LogP contribution in [0, 0.1) is 6.92 Å². The van der Waals surface area contributed by atoms with Crippen molar-refractivity contribution in [3.8, 4) is 11.4 Å². The maximum atomic E-state index is 12.3. The van der Waals surface area contributed by atoms with E-state index in [-0.39, 0.29) is 5.78 Å². The molecule has 6 heteroatoms. The Kier molecular flexibility index (Phi) is 5.74. The molecule has 126 valence electrons. The SMILES string of the molecule is Cc1cc(SCC(=O)c2ccc(Cl)cc2)nc(-c2ccc(Cl)cc2)n1. The van der Waals surface area contributed by atoms with Gasteiger partial charge in [-0.05, 0) is 61.5 Å². The first-order valence-electron chi connectivity index (χ1n) is 7.54. The maximum absolute atomic E-state index is 12.3. The van der Waals surface area contributed by atoms with Crippen LogP contribution in [0.4, 0.5) is 0 Å². The Labute approximate surface area is 160 Å². The van der Waals surface area contributed by atoms with Gasteiger partial charge in [0.25, 0.3) is 0 Å². The summed E-state index contributed by atoms with van der Waals surface area (Å²) in [5, 5.41) is 2.04.